The highest BCUT2D eigenvalue weighted by Gasteiger charge is 2.12. The van der Waals surface area contributed by atoms with Gasteiger partial charge in [0.2, 0.25) is 0 Å². The molecule has 0 radical (unpaired) electrons. The van der Waals surface area contributed by atoms with E-state index in [1.54, 1.807) is 32.2 Å². The zero-order valence-corrected chi connectivity index (χ0v) is 10.5. The van der Waals surface area contributed by atoms with Gasteiger partial charge in [0.05, 0.1) is 13.0 Å². The number of carbonyl (C=O) groups is 2. The minimum atomic E-state index is -0.934. The third-order valence-corrected chi connectivity index (χ3v) is 2.36. The fourth-order valence-corrected chi connectivity index (χ4v) is 1.59. The first kappa shape index (κ1) is 14.2. The van der Waals surface area contributed by atoms with Crippen molar-refractivity contribution in [1.29, 1.82) is 0 Å². The number of nitrogens with one attached hydrogen (secondary N) is 1. The minimum absolute atomic E-state index is 0.0937. The number of carboxylic acids is 1. The first-order valence-electron chi connectivity index (χ1n) is 5.63. The number of rotatable bonds is 6. The molecule has 0 fully saturated rings. The number of carboxylic acid groups (broad SMARTS) is 1. The first-order chi connectivity index (χ1) is 8.52. The molecule has 0 aliphatic rings. The SMILES string of the molecule is COCc1cccc(C(=O)NC(C)CC(=O)O)c1. The summed E-state index contributed by atoms with van der Waals surface area (Å²) in [6.45, 7) is 2.09. The van der Waals surface area contributed by atoms with Gasteiger partial charge in [-0.1, -0.05) is 12.1 Å². The molecule has 0 saturated heterocycles. The van der Waals surface area contributed by atoms with Crippen LogP contribution in [0.25, 0.3) is 0 Å². The van der Waals surface area contributed by atoms with Gasteiger partial charge < -0.3 is 15.2 Å². The lowest BCUT2D eigenvalue weighted by Crippen LogP contribution is -2.34. The molecular weight excluding hydrogens is 234 g/mol. The second-order valence-electron chi connectivity index (χ2n) is 4.11. The molecule has 0 aromatic heterocycles. The molecule has 0 spiro atoms. The maximum atomic E-state index is 11.8. The van der Waals surface area contributed by atoms with Gasteiger partial charge in [-0.2, -0.15) is 0 Å². The van der Waals surface area contributed by atoms with Gasteiger partial charge in [0.25, 0.3) is 5.91 Å². The molecule has 18 heavy (non-hydrogen) atoms. The summed E-state index contributed by atoms with van der Waals surface area (Å²) in [6, 6.07) is 6.64. The van der Waals surface area contributed by atoms with Crippen molar-refractivity contribution in [1.82, 2.24) is 5.32 Å². The maximum Gasteiger partial charge on any atom is 0.305 e. The topological polar surface area (TPSA) is 75.6 Å². The van der Waals surface area contributed by atoms with E-state index >= 15 is 0 Å². The normalized spacial score (nSPS) is 11.9. The van der Waals surface area contributed by atoms with E-state index in [-0.39, 0.29) is 12.3 Å². The molecule has 2 N–H and O–H groups in total. The van der Waals surface area contributed by atoms with E-state index in [1.165, 1.54) is 0 Å². The zero-order valence-electron chi connectivity index (χ0n) is 10.5. The van der Waals surface area contributed by atoms with E-state index in [4.69, 9.17) is 9.84 Å². The van der Waals surface area contributed by atoms with Gasteiger partial charge in [-0.15, -0.1) is 0 Å². The summed E-state index contributed by atoms with van der Waals surface area (Å²) in [5, 5.41) is 11.2. The van der Waals surface area contributed by atoms with Gasteiger partial charge in [0.1, 0.15) is 0 Å². The van der Waals surface area contributed by atoms with Crippen molar-refractivity contribution in [2.24, 2.45) is 0 Å². The summed E-state index contributed by atoms with van der Waals surface area (Å²) in [5.41, 5.74) is 1.40. The molecule has 1 aromatic rings. The van der Waals surface area contributed by atoms with Crippen LogP contribution in [0.5, 0.6) is 0 Å². The van der Waals surface area contributed by atoms with Crippen LogP contribution in [0, 0.1) is 0 Å². The molecular formula is C13H17NO4. The summed E-state index contributed by atoms with van der Waals surface area (Å²) >= 11 is 0. The number of aliphatic carboxylic acids is 1. The van der Waals surface area contributed by atoms with E-state index in [1.807, 2.05) is 6.07 Å². The zero-order chi connectivity index (χ0) is 13.5. The van der Waals surface area contributed by atoms with Crippen LogP contribution >= 0.6 is 0 Å². The molecule has 1 unspecified atom stereocenters. The number of ether oxygens (including phenoxy) is 1. The molecule has 0 aliphatic heterocycles. The Labute approximate surface area is 106 Å². The van der Waals surface area contributed by atoms with Gasteiger partial charge in [0.15, 0.2) is 0 Å². The van der Waals surface area contributed by atoms with E-state index in [2.05, 4.69) is 5.32 Å². The van der Waals surface area contributed by atoms with Crippen molar-refractivity contribution in [3.8, 4) is 0 Å². The Bertz CT molecular complexity index is 431. The van der Waals surface area contributed by atoms with Crippen molar-refractivity contribution in [3.63, 3.8) is 0 Å². The highest BCUT2D eigenvalue weighted by Crippen LogP contribution is 2.07. The molecule has 0 heterocycles. The van der Waals surface area contributed by atoms with Crippen molar-refractivity contribution in [3.05, 3.63) is 35.4 Å². The van der Waals surface area contributed by atoms with Gasteiger partial charge in [-0.05, 0) is 24.6 Å². The Balaban J connectivity index is 2.66. The van der Waals surface area contributed by atoms with E-state index in [0.29, 0.717) is 12.2 Å². The van der Waals surface area contributed by atoms with E-state index in [9.17, 15) is 9.59 Å². The average Bonchev–Trinajstić information content (AvgIpc) is 2.28. The Morgan fingerprint density at radius 2 is 2.17 bits per heavy atom. The fourth-order valence-electron chi connectivity index (χ4n) is 1.59. The first-order valence-corrected chi connectivity index (χ1v) is 5.63. The lowest BCUT2D eigenvalue weighted by Gasteiger charge is -2.12. The largest absolute Gasteiger partial charge is 0.481 e. The van der Waals surface area contributed by atoms with Crippen LogP contribution in [0.4, 0.5) is 0 Å². The molecule has 1 atom stereocenters. The molecule has 5 nitrogen and oxygen atoms in total. The molecule has 0 bridgehead atoms. The van der Waals surface area contributed by atoms with Crippen molar-refractivity contribution in [2.45, 2.75) is 26.0 Å². The van der Waals surface area contributed by atoms with Gasteiger partial charge >= 0.3 is 5.97 Å². The van der Waals surface area contributed by atoms with Gasteiger partial charge in [0, 0.05) is 18.7 Å². The Hall–Kier alpha value is -1.88. The molecule has 1 rings (SSSR count). The quantitative estimate of drug-likeness (QED) is 0.802. The second-order valence-corrected chi connectivity index (χ2v) is 4.11. The average molecular weight is 251 g/mol. The summed E-state index contributed by atoms with van der Waals surface area (Å²) in [5.74, 6) is -1.21. The van der Waals surface area contributed by atoms with Crippen LogP contribution in [0.1, 0.15) is 29.3 Å². The number of hydrogen-bond acceptors (Lipinski definition) is 3. The lowest BCUT2D eigenvalue weighted by molar-refractivity contribution is -0.137. The van der Waals surface area contributed by atoms with Crippen LogP contribution in [0.15, 0.2) is 24.3 Å². The summed E-state index contributed by atoms with van der Waals surface area (Å²) < 4.78 is 4.99. The smallest absolute Gasteiger partial charge is 0.305 e. The van der Waals surface area contributed by atoms with Gasteiger partial charge in [-0.25, -0.2) is 0 Å². The Morgan fingerprint density at radius 1 is 1.44 bits per heavy atom. The standard InChI is InChI=1S/C13H17NO4/c1-9(6-12(15)16)14-13(17)11-5-3-4-10(7-11)8-18-2/h3-5,7,9H,6,8H2,1-2H3,(H,14,17)(H,15,16). The number of carbonyl (C=O) groups excluding carboxylic acids is 1. The van der Waals surface area contributed by atoms with E-state index in [0.717, 1.165) is 5.56 Å². The molecule has 98 valence electrons. The highest BCUT2D eigenvalue weighted by molar-refractivity contribution is 5.94. The summed E-state index contributed by atoms with van der Waals surface area (Å²) in [6.07, 6.45) is -0.0937. The molecule has 1 amide bonds. The van der Waals surface area contributed by atoms with Crippen LogP contribution in [-0.2, 0) is 16.1 Å². The van der Waals surface area contributed by atoms with Crippen molar-refractivity contribution >= 4 is 11.9 Å². The predicted octanol–water partition coefficient (Wildman–Crippen LogP) is 1.43. The summed E-state index contributed by atoms with van der Waals surface area (Å²) in [4.78, 5) is 22.3. The third kappa shape index (κ3) is 4.55. The predicted molar refractivity (Wildman–Crippen MR) is 66.3 cm³/mol. The Morgan fingerprint density at radius 3 is 2.78 bits per heavy atom. The number of hydrogen-bond donors (Lipinski definition) is 2. The van der Waals surface area contributed by atoms with Crippen molar-refractivity contribution in [2.75, 3.05) is 7.11 Å². The van der Waals surface area contributed by atoms with Crippen LogP contribution in [-0.4, -0.2) is 30.1 Å². The number of methoxy groups -OCH3 is 1. The third-order valence-electron chi connectivity index (χ3n) is 2.36. The molecule has 0 saturated carbocycles. The molecule has 1 aromatic carbocycles. The van der Waals surface area contributed by atoms with E-state index < -0.39 is 12.0 Å². The number of benzene rings is 1. The number of amides is 1. The van der Waals surface area contributed by atoms with Crippen LogP contribution in [0.3, 0.4) is 0 Å². The lowest BCUT2D eigenvalue weighted by atomic mass is 10.1. The molecule has 5 heteroatoms. The molecule has 0 aliphatic carbocycles. The minimum Gasteiger partial charge on any atom is -0.481 e. The maximum absolute atomic E-state index is 11.8. The van der Waals surface area contributed by atoms with Crippen LogP contribution in [0.2, 0.25) is 0 Å². The van der Waals surface area contributed by atoms with Crippen molar-refractivity contribution < 1.29 is 19.4 Å². The Kier molecular flexibility index (Phi) is 5.32. The fraction of sp³-hybridized carbons (Fsp3) is 0.385. The van der Waals surface area contributed by atoms with Crippen LogP contribution < -0.4 is 5.32 Å². The summed E-state index contributed by atoms with van der Waals surface area (Å²) in [7, 11) is 1.58. The van der Waals surface area contributed by atoms with Gasteiger partial charge in [-0.3, -0.25) is 9.59 Å². The monoisotopic (exact) mass is 251 g/mol. The highest BCUT2D eigenvalue weighted by atomic mass is 16.5. The second kappa shape index (κ2) is 6.76.